The van der Waals surface area contributed by atoms with Crippen molar-refractivity contribution in [3.05, 3.63) is 24.0 Å². The summed E-state index contributed by atoms with van der Waals surface area (Å²) in [7, 11) is 1.61. The minimum atomic E-state index is -0.0586. The van der Waals surface area contributed by atoms with Crippen LogP contribution in [0, 0.1) is 0 Å². The summed E-state index contributed by atoms with van der Waals surface area (Å²) in [5.41, 5.74) is 6.56. The second kappa shape index (κ2) is 6.10. The summed E-state index contributed by atoms with van der Waals surface area (Å²) in [6, 6.07) is 1.61. The van der Waals surface area contributed by atoms with Crippen molar-refractivity contribution in [3.63, 3.8) is 0 Å². The summed E-state index contributed by atoms with van der Waals surface area (Å²) in [5.74, 6) is -0.0586. The van der Waals surface area contributed by atoms with Crippen molar-refractivity contribution in [1.82, 2.24) is 10.3 Å². The van der Waals surface area contributed by atoms with E-state index in [2.05, 4.69) is 10.3 Å². The minimum absolute atomic E-state index is 0.0586. The van der Waals surface area contributed by atoms with Gasteiger partial charge < -0.3 is 15.8 Å². The second-order valence-electron chi connectivity index (χ2n) is 3.06. The van der Waals surface area contributed by atoms with Crippen LogP contribution in [0.3, 0.4) is 0 Å². The zero-order chi connectivity index (χ0) is 11.1. The van der Waals surface area contributed by atoms with Gasteiger partial charge in [0.25, 0.3) is 0 Å². The Kier molecular flexibility index (Phi) is 4.73. The van der Waals surface area contributed by atoms with Gasteiger partial charge in [-0.1, -0.05) is 0 Å². The van der Waals surface area contributed by atoms with E-state index >= 15 is 0 Å². The van der Waals surface area contributed by atoms with Gasteiger partial charge in [-0.05, 0) is 6.07 Å². The molecule has 0 atom stereocenters. The number of methoxy groups -OCH3 is 1. The molecule has 1 heterocycles. The first kappa shape index (κ1) is 11.6. The molecule has 0 aliphatic carbocycles. The molecular formula is C10H15N3O2. The number of nitrogens with zero attached hydrogens (tertiary/aromatic N) is 1. The molecule has 0 saturated carbocycles. The van der Waals surface area contributed by atoms with Crippen molar-refractivity contribution < 1.29 is 9.53 Å². The molecule has 3 N–H and O–H groups in total. The summed E-state index contributed by atoms with van der Waals surface area (Å²) < 4.78 is 4.84. The van der Waals surface area contributed by atoms with Crippen LogP contribution >= 0.6 is 0 Å². The molecule has 0 saturated heterocycles. The van der Waals surface area contributed by atoms with Crippen LogP contribution in [0.15, 0.2) is 18.5 Å². The van der Waals surface area contributed by atoms with E-state index in [1.54, 1.807) is 19.4 Å². The first-order chi connectivity index (χ1) is 7.25. The third-order valence-electron chi connectivity index (χ3n) is 1.92. The largest absolute Gasteiger partial charge is 0.398 e. The van der Waals surface area contributed by atoms with Crippen LogP contribution in [-0.2, 0) is 4.74 Å². The fraction of sp³-hybridized carbons (Fsp3) is 0.400. The Morgan fingerprint density at radius 1 is 1.67 bits per heavy atom. The van der Waals surface area contributed by atoms with Crippen molar-refractivity contribution in [1.29, 1.82) is 0 Å². The van der Waals surface area contributed by atoms with Crippen LogP contribution in [-0.4, -0.2) is 37.6 Å². The standard InChI is InChI=1S/C10H15N3O2/c1-15-5-4-13-7-10(14)8-6-12-3-2-9(8)11/h2-3,6,13H,4-5,7H2,1H3,(H2,11,12). The number of carbonyl (C=O) groups is 1. The Morgan fingerprint density at radius 2 is 2.47 bits per heavy atom. The number of pyridine rings is 1. The van der Waals surface area contributed by atoms with Crippen molar-refractivity contribution in [2.24, 2.45) is 0 Å². The highest BCUT2D eigenvalue weighted by atomic mass is 16.5. The van der Waals surface area contributed by atoms with Gasteiger partial charge in [0.2, 0.25) is 0 Å². The SMILES string of the molecule is COCCNCC(=O)c1cnccc1N. The molecule has 0 aromatic carbocycles. The van der Waals surface area contributed by atoms with Gasteiger partial charge in [-0.15, -0.1) is 0 Å². The van der Waals surface area contributed by atoms with Gasteiger partial charge in [0.1, 0.15) is 0 Å². The molecule has 5 nitrogen and oxygen atoms in total. The predicted octanol–water partition coefficient (Wildman–Crippen LogP) is 0.0825. The molecule has 0 bridgehead atoms. The van der Waals surface area contributed by atoms with Crippen LogP contribution in [0.25, 0.3) is 0 Å². The number of aromatic nitrogens is 1. The number of rotatable bonds is 6. The van der Waals surface area contributed by atoms with Crippen molar-refractivity contribution in [2.45, 2.75) is 0 Å². The Hall–Kier alpha value is -1.46. The average molecular weight is 209 g/mol. The number of nitrogens with one attached hydrogen (secondary N) is 1. The number of nitrogen functional groups attached to an aromatic ring is 1. The maximum atomic E-state index is 11.6. The number of hydrogen-bond donors (Lipinski definition) is 2. The summed E-state index contributed by atoms with van der Waals surface area (Å²) in [5, 5.41) is 2.95. The normalized spacial score (nSPS) is 10.2. The van der Waals surface area contributed by atoms with Crippen molar-refractivity contribution in [3.8, 4) is 0 Å². The van der Waals surface area contributed by atoms with Crippen LogP contribution in [0.1, 0.15) is 10.4 Å². The van der Waals surface area contributed by atoms with E-state index in [9.17, 15) is 4.79 Å². The fourth-order valence-corrected chi connectivity index (χ4v) is 1.11. The smallest absolute Gasteiger partial charge is 0.180 e. The van der Waals surface area contributed by atoms with Crippen LogP contribution in [0.5, 0.6) is 0 Å². The van der Waals surface area contributed by atoms with E-state index in [-0.39, 0.29) is 12.3 Å². The number of nitrogens with two attached hydrogens (primary N) is 1. The summed E-state index contributed by atoms with van der Waals surface area (Å²) in [6.45, 7) is 1.47. The van der Waals surface area contributed by atoms with Gasteiger partial charge in [-0.25, -0.2) is 0 Å². The minimum Gasteiger partial charge on any atom is -0.398 e. The number of carbonyl (C=O) groups excluding carboxylic acids is 1. The van der Waals surface area contributed by atoms with Crippen molar-refractivity contribution in [2.75, 3.05) is 32.5 Å². The van der Waals surface area contributed by atoms with E-state index in [0.717, 1.165) is 0 Å². The third kappa shape index (κ3) is 3.65. The highest BCUT2D eigenvalue weighted by Crippen LogP contribution is 2.08. The van der Waals surface area contributed by atoms with Gasteiger partial charge >= 0.3 is 0 Å². The number of ether oxygens (including phenoxy) is 1. The first-order valence-electron chi connectivity index (χ1n) is 4.68. The zero-order valence-electron chi connectivity index (χ0n) is 8.69. The quantitative estimate of drug-likeness (QED) is 0.512. The predicted molar refractivity (Wildman–Crippen MR) is 57.7 cm³/mol. The molecule has 1 aromatic heterocycles. The van der Waals surface area contributed by atoms with E-state index in [4.69, 9.17) is 10.5 Å². The highest BCUT2D eigenvalue weighted by molar-refractivity contribution is 6.01. The van der Waals surface area contributed by atoms with Crippen LogP contribution in [0.2, 0.25) is 0 Å². The second-order valence-corrected chi connectivity index (χ2v) is 3.06. The Morgan fingerprint density at radius 3 is 3.13 bits per heavy atom. The van der Waals surface area contributed by atoms with Crippen LogP contribution < -0.4 is 11.1 Å². The van der Waals surface area contributed by atoms with E-state index in [1.165, 1.54) is 6.20 Å². The lowest BCUT2D eigenvalue weighted by Gasteiger charge is -2.05. The van der Waals surface area contributed by atoms with Gasteiger partial charge in [-0.3, -0.25) is 9.78 Å². The number of Topliss-reactive ketones (excluding diaryl/α,β-unsaturated/α-hetero) is 1. The van der Waals surface area contributed by atoms with Gasteiger partial charge in [-0.2, -0.15) is 0 Å². The molecule has 0 amide bonds. The van der Waals surface area contributed by atoms with E-state index in [1.807, 2.05) is 0 Å². The molecule has 15 heavy (non-hydrogen) atoms. The molecule has 1 aromatic rings. The topological polar surface area (TPSA) is 77.2 Å². The van der Waals surface area contributed by atoms with Crippen molar-refractivity contribution >= 4 is 11.5 Å². The number of ketones is 1. The van der Waals surface area contributed by atoms with Gasteiger partial charge in [0.15, 0.2) is 5.78 Å². The number of anilines is 1. The maximum absolute atomic E-state index is 11.6. The lowest BCUT2D eigenvalue weighted by atomic mass is 10.1. The van der Waals surface area contributed by atoms with Gasteiger partial charge in [0, 0.05) is 31.7 Å². The number of hydrogen-bond acceptors (Lipinski definition) is 5. The Bertz CT molecular complexity index is 328. The fourth-order valence-electron chi connectivity index (χ4n) is 1.11. The molecule has 1 rings (SSSR count). The molecule has 5 heteroatoms. The molecule has 0 fully saturated rings. The summed E-state index contributed by atoms with van der Waals surface area (Å²) >= 11 is 0. The molecule has 0 unspecified atom stereocenters. The van der Waals surface area contributed by atoms with E-state index < -0.39 is 0 Å². The third-order valence-corrected chi connectivity index (χ3v) is 1.92. The molecule has 0 radical (unpaired) electrons. The molecule has 0 aliphatic heterocycles. The van der Waals surface area contributed by atoms with Crippen LogP contribution in [0.4, 0.5) is 5.69 Å². The molecule has 0 spiro atoms. The average Bonchev–Trinajstić information content (AvgIpc) is 2.25. The highest BCUT2D eigenvalue weighted by Gasteiger charge is 2.08. The van der Waals surface area contributed by atoms with E-state index in [0.29, 0.717) is 24.4 Å². The maximum Gasteiger partial charge on any atom is 0.180 e. The first-order valence-corrected chi connectivity index (χ1v) is 4.68. The van der Waals surface area contributed by atoms with Gasteiger partial charge in [0.05, 0.1) is 18.7 Å². The molecule has 0 aliphatic rings. The molecular weight excluding hydrogens is 194 g/mol. The zero-order valence-corrected chi connectivity index (χ0v) is 8.69. The molecule has 82 valence electrons. The summed E-state index contributed by atoms with van der Waals surface area (Å²) in [4.78, 5) is 15.5. The summed E-state index contributed by atoms with van der Waals surface area (Å²) in [6.07, 6.45) is 3.04. The lowest BCUT2D eigenvalue weighted by Crippen LogP contribution is -2.26. The Labute approximate surface area is 88.6 Å². The lowest BCUT2D eigenvalue weighted by molar-refractivity contribution is 0.0988. The monoisotopic (exact) mass is 209 g/mol. The Balaban J connectivity index is 2.44.